The van der Waals surface area contributed by atoms with Crippen molar-refractivity contribution in [2.24, 2.45) is 0 Å². The minimum Gasteiger partial charge on any atom is -0.480 e. The normalized spacial score (nSPS) is 12.1. The van der Waals surface area contributed by atoms with Gasteiger partial charge in [0.2, 0.25) is 5.89 Å². The summed E-state index contributed by atoms with van der Waals surface area (Å²) in [4.78, 5) is 15.5. The maximum Gasteiger partial charge on any atom is 0.325 e. The summed E-state index contributed by atoms with van der Waals surface area (Å²) < 4.78 is 18.8. The van der Waals surface area contributed by atoms with Crippen LogP contribution in [0, 0.1) is 12.7 Å². The van der Waals surface area contributed by atoms with Crippen LogP contribution in [0.15, 0.2) is 52.9 Å². The first-order chi connectivity index (χ1) is 11.5. The van der Waals surface area contributed by atoms with E-state index in [1.54, 1.807) is 12.1 Å². The Morgan fingerprint density at radius 3 is 2.29 bits per heavy atom. The summed E-state index contributed by atoms with van der Waals surface area (Å²) >= 11 is 4.02. The molecule has 1 atom stereocenters. The molecule has 0 fully saturated rings. The zero-order chi connectivity index (χ0) is 17.3. The quantitative estimate of drug-likeness (QED) is 0.684. The Hall–Kier alpha value is -2.60. The summed E-state index contributed by atoms with van der Waals surface area (Å²) in [6.07, 6.45) is 0. The molecule has 2 aromatic carbocycles. The van der Waals surface area contributed by atoms with Gasteiger partial charge in [0.05, 0.1) is 0 Å². The predicted molar refractivity (Wildman–Crippen MR) is 91.4 cm³/mol. The number of hydrogen-bond donors (Lipinski definition) is 2. The lowest BCUT2D eigenvalue weighted by Crippen LogP contribution is -2.05. The fourth-order valence-corrected chi connectivity index (χ4v) is 2.37. The van der Waals surface area contributed by atoms with E-state index in [0.29, 0.717) is 17.0 Å². The molecule has 0 radical (unpaired) electrons. The number of aromatic nitrogens is 1. The molecule has 1 heterocycles. The van der Waals surface area contributed by atoms with Crippen molar-refractivity contribution in [3.63, 3.8) is 0 Å². The number of nitrogens with zero attached hydrogens (tertiary/aromatic N) is 1. The molecule has 1 aromatic heterocycles. The molecule has 3 rings (SSSR count). The van der Waals surface area contributed by atoms with Gasteiger partial charge >= 0.3 is 5.97 Å². The van der Waals surface area contributed by atoms with Gasteiger partial charge < -0.3 is 9.52 Å². The fraction of sp³-hybridized carbons (Fsp3) is 0.111. The lowest BCUT2D eigenvalue weighted by atomic mass is 10.0. The highest BCUT2D eigenvalue weighted by molar-refractivity contribution is 7.81. The Kier molecular flexibility index (Phi) is 4.40. The van der Waals surface area contributed by atoms with Gasteiger partial charge in [-0.2, -0.15) is 12.6 Å². The van der Waals surface area contributed by atoms with Crippen LogP contribution in [0.4, 0.5) is 4.39 Å². The number of halogens is 1. The van der Waals surface area contributed by atoms with Crippen molar-refractivity contribution in [3.8, 4) is 22.6 Å². The lowest BCUT2D eigenvalue weighted by Gasteiger charge is -2.02. The number of rotatable bonds is 4. The van der Waals surface area contributed by atoms with Crippen molar-refractivity contribution in [2.45, 2.75) is 12.2 Å². The smallest absolute Gasteiger partial charge is 0.325 e. The Balaban J connectivity index is 2.16. The van der Waals surface area contributed by atoms with E-state index in [1.165, 1.54) is 12.1 Å². The molecule has 0 amide bonds. The van der Waals surface area contributed by atoms with E-state index < -0.39 is 11.2 Å². The number of aryl methyl sites for hydroxylation is 1. The minimum absolute atomic E-state index is 0.0132. The second-order valence-electron chi connectivity index (χ2n) is 5.34. The van der Waals surface area contributed by atoms with Crippen LogP contribution in [0.5, 0.6) is 0 Å². The number of hydrogen-bond acceptors (Lipinski definition) is 4. The van der Waals surface area contributed by atoms with Gasteiger partial charge in [-0.05, 0) is 31.2 Å². The van der Waals surface area contributed by atoms with Gasteiger partial charge in [0.15, 0.2) is 11.0 Å². The summed E-state index contributed by atoms with van der Waals surface area (Å²) in [6, 6.07) is 13.3. The second kappa shape index (κ2) is 6.49. The van der Waals surface area contributed by atoms with Crippen molar-refractivity contribution in [2.75, 3.05) is 0 Å². The zero-order valence-corrected chi connectivity index (χ0v) is 13.6. The van der Waals surface area contributed by atoms with Crippen molar-refractivity contribution >= 4 is 18.6 Å². The molecule has 0 spiro atoms. The van der Waals surface area contributed by atoms with Crippen molar-refractivity contribution < 1.29 is 18.7 Å². The van der Waals surface area contributed by atoms with Crippen LogP contribution < -0.4 is 0 Å². The van der Waals surface area contributed by atoms with Crippen LogP contribution >= 0.6 is 12.6 Å². The average molecular weight is 343 g/mol. The third-order valence-electron chi connectivity index (χ3n) is 3.54. The molecule has 0 saturated carbocycles. The molecule has 0 saturated heterocycles. The predicted octanol–water partition coefficient (Wildman–Crippen LogP) is 4.51. The number of carbonyl (C=O) groups is 1. The summed E-state index contributed by atoms with van der Waals surface area (Å²) in [7, 11) is 0. The monoisotopic (exact) mass is 343 g/mol. The van der Waals surface area contributed by atoms with Gasteiger partial charge in [0.1, 0.15) is 11.5 Å². The van der Waals surface area contributed by atoms with E-state index in [2.05, 4.69) is 17.6 Å². The highest BCUT2D eigenvalue weighted by atomic mass is 32.1. The molecule has 24 heavy (non-hydrogen) atoms. The summed E-state index contributed by atoms with van der Waals surface area (Å²) in [5, 5.41) is 7.95. The maximum absolute atomic E-state index is 13.2. The summed E-state index contributed by atoms with van der Waals surface area (Å²) in [5.74, 6) is -1.15. The first kappa shape index (κ1) is 16.3. The van der Waals surface area contributed by atoms with Crippen molar-refractivity contribution in [3.05, 3.63) is 65.8 Å². The number of carboxylic acid groups (broad SMARTS) is 1. The molecular weight excluding hydrogens is 329 g/mol. The molecule has 122 valence electrons. The topological polar surface area (TPSA) is 63.3 Å². The van der Waals surface area contributed by atoms with E-state index in [9.17, 15) is 9.18 Å². The highest BCUT2D eigenvalue weighted by Gasteiger charge is 2.25. The second-order valence-corrected chi connectivity index (χ2v) is 5.86. The minimum atomic E-state index is -1.18. The standard InChI is InChI=1S/C18H14FNO3S/c1-10-2-4-11(5-3-10)14-15(12-6-8-13(19)9-7-12)23-17(20-14)16(24)18(21)22/h2-9,16,24H,1H3,(H,21,22). The molecule has 0 aliphatic carbocycles. The molecule has 1 unspecified atom stereocenters. The van der Waals surface area contributed by atoms with Crippen LogP contribution in [0.1, 0.15) is 16.7 Å². The van der Waals surface area contributed by atoms with Crippen LogP contribution in [-0.2, 0) is 4.79 Å². The Morgan fingerprint density at radius 2 is 1.71 bits per heavy atom. The molecular formula is C18H14FNO3S. The average Bonchev–Trinajstić information content (AvgIpc) is 3.00. The summed E-state index contributed by atoms with van der Waals surface area (Å²) in [6.45, 7) is 1.97. The van der Waals surface area contributed by atoms with E-state index in [1.807, 2.05) is 31.2 Å². The Bertz CT molecular complexity index is 809. The molecule has 6 heteroatoms. The van der Waals surface area contributed by atoms with Gasteiger partial charge in [-0.3, -0.25) is 4.79 Å². The Labute approximate surface area is 143 Å². The van der Waals surface area contributed by atoms with Gasteiger partial charge in [0.25, 0.3) is 0 Å². The largest absolute Gasteiger partial charge is 0.480 e. The molecule has 0 bridgehead atoms. The van der Waals surface area contributed by atoms with E-state index >= 15 is 0 Å². The lowest BCUT2D eigenvalue weighted by molar-refractivity contribution is -0.136. The molecule has 3 aromatic rings. The number of oxazole rings is 1. The van der Waals surface area contributed by atoms with Crippen LogP contribution in [0.3, 0.4) is 0 Å². The molecule has 0 aliphatic rings. The van der Waals surface area contributed by atoms with E-state index in [0.717, 1.165) is 11.1 Å². The van der Waals surface area contributed by atoms with Crippen LogP contribution in [0.25, 0.3) is 22.6 Å². The van der Waals surface area contributed by atoms with Crippen LogP contribution in [-0.4, -0.2) is 16.1 Å². The number of aliphatic carboxylic acids is 1. The third kappa shape index (κ3) is 3.19. The van der Waals surface area contributed by atoms with Crippen LogP contribution in [0.2, 0.25) is 0 Å². The number of carboxylic acids is 1. The SMILES string of the molecule is Cc1ccc(-c2nc(C(S)C(=O)O)oc2-c2ccc(F)cc2)cc1. The first-order valence-electron chi connectivity index (χ1n) is 7.20. The highest BCUT2D eigenvalue weighted by Crippen LogP contribution is 2.35. The van der Waals surface area contributed by atoms with Gasteiger partial charge in [-0.25, -0.2) is 9.37 Å². The van der Waals surface area contributed by atoms with Gasteiger partial charge in [-0.15, -0.1) is 0 Å². The molecule has 1 N–H and O–H groups in total. The number of thiol groups is 1. The number of benzene rings is 2. The van der Waals surface area contributed by atoms with E-state index in [-0.39, 0.29) is 11.7 Å². The third-order valence-corrected chi connectivity index (χ3v) is 3.98. The van der Waals surface area contributed by atoms with Gasteiger partial charge in [0, 0.05) is 11.1 Å². The van der Waals surface area contributed by atoms with Gasteiger partial charge in [-0.1, -0.05) is 29.8 Å². The fourth-order valence-electron chi connectivity index (χ4n) is 2.26. The Morgan fingerprint density at radius 1 is 1.12 bits per heavy atom. The molecule has 4 nitrogen and oxygen atoms in total. The first-order valence-corrected chi connectivity index (χ1v) is 7.72. The van der Waals surface area contributed by atoms with Crippen molar-refractivity contribution in [1.82, 2.24) is 4.98 Å². The molecule has 0 aliphatic heterocycles. The van der Waals surface area contributed by atoms with E-state index in [4.69, 9.17) is 9.52 Å². The van der Waals surface area contributed by atoms with Crippen molar-refractivity contribution in [1.29, 1.82) is 0 Å². The summed E-state index contributed by atoms with van der Waals surface area (Å²) in [5.41, 5.74) is 2.97. The maximum atomic E-state index is 13.2. The zero-order valence-electron chi connectivity index (χ0n) is 12.7.